The van der Waals surface area contributed by atoms with Crippen LogP contribution in [0.2, 0.25) is 0 Å². The van der Waals surface area contributed by atoms with Crippen LogP contribution in [0.15, 0.2) is 0 Å². The van der Waals surface area contributed by atoms with Crippen molar-refractivity contribution in [2.45, 2.75) is 57.5 Å². The van der Waals surface area contributed by atoms with Gasteiger partial charge in [-0.05, 0) is 38.5 Å². The van der Waals surface area contributed by atoms with Gasteiger partial charge in [-0.1, -0.05) is 19.3 Å². The molecule has 1 fully saturated rings. The normalized spacial score (nSPS) is 24.2. The molecule has 0 amide bonds. The summed E-state index contributed by atoms with van der Waals surface area (Å²) in [5.74, 6) is 0.466. The van der Waals surface area contributed by atoms with E-state index in [0.29, 0.717) is 5.92 Å². The van der Waals surface area contributed by atoms with Gasteiger partial charge < -0.3 is 10.2 Å². The van der Waals surface area contributed by atoms with Crippen LogP contribution in [-0.2, 0) is 0 Å². The molecule has 0 spiro atoms. The Balaban J connectivity index is 2.36. The minimum absolute atomic E-state index is 0.197. The molecular weight excluding hydrogens is 164 g/mol. The lowest BCUT2D eigenvalue weighted by Crippen LogP contribution is -2.36. The first-order valence-corrected chi connectivity index (χ1v) is 5.50. The number of aliphatic hydroxyl groups excluding tert-OH is 1. The maximum Gasteiger partial charge on any atom is 0.0648 e. The van der Waals surface area contributed by atoms with Crippen LogP contribution in [0.3, 0.4) is 0 Å². The van der Waals surface area contributed by atoms with Crippen LogP contribution in [-0.4, -0.2) is 22.4 Å². The van der Waals surface area contributed by atoms with Crippen LogP contribution in [0.1, 0.15) is 51.9 Å². The first-order chi connectivity index (χ1) is 6.17. The minimum Gasteiger partial charge on any atom is -0.396 e. The zero-order valence-electron chi connectivity index (χ0n) is 8.63. The molecule has 0 aromatic carbocycles. The summed E-state index contributed by atoms with van der Waals surface area (Å²) in [4.78, 5) is 0. The van der Waals surface area contributed by atoms with Crippen LogP contribution in [0.5, 0.6) is 0 Å². The third-order valence-corrected chi connectivity index (χ3v) is 3.33. The Morgan fingerprint density at radius 2 is 1.85 bits per heavy atom. The van der Waals surface area contributed by atoms with Gasteiger partial charge >= 0.3 is 0 Å². The fourth-order valence-corrected chi connectivity index (χ4v) is 2.37. The van der Waals surface area contributed by atoms with Crippen molar-refractivity contribution >= 4 is 0 Å². The third-order valence-electron chi connectivity index (χ3n) is 3.33. The molecule has 0 bridgehead atoms. The lowest BCUT2D eigenvalue weighted by molar-refractivity contribution is -0.0277. The van der Waals surface area contributed by atoms with E-state index in [4.69, 9.17) is 5.11 Å². The smallest absolute Gasteiger partial charge is 0.0648 e. The molecule has 0 aromatic rings. The molecule has 2 heteroatoms. The number of hydrogen-bond donors (Lipinski definition) is 2. The highest BCUT2D eigenvalue weighted by atomic mass is 16.3. The Labute approximate surface area is 81.0 Å². The molecule has 0 radical (unpaired) electrons. The standard InChI is InChI=1S/C11H22O2/c1-11(13,8-5-9-12)10-6-3-2-4-7-10/h10,12-13H,2-9H2,1H3. The Bertz CT molecular complexity index is 137. The molecule has 1 aliphatic rings. The van der Waals surface area contributed by atoms with Gasteiger partial charge in [0.05, 0.1) is 5.60 Å². The summed E-state index contributed by atoms with van der Waals surface area (Å²) in [5, 5.41) is 18.9. The van der Waals surface area contributed by atoms with E-state index in [1.54, 1.807) is 0 Å². The van der Waals surface area contributed by atoms with Crippen molar-refractivity contribution in [1.29, 1.82) is 0 Å². The Morgan fingerprint density at radius 1 is 1.23 bits per heavy atom. The van der Waals surface area contributed by atoms with Crippen molar-refractivity contribution in [2.75, 3.05) is 6.61 Å². The largest absolute Gasteiger partial charge is 0.396 e. The average Bonchev–Trinajstić information content (AvgIpc) is 2.16. The average molecular weight is 186 g/mol. The van der Waals surface area contributed by atoms with Crippen molar-refractivity contribution in [3.05, 3.63) is 0 Å². The highest BCUT2D eigenvalue weighted by Gasteiger charge is 2.31. The van der Waals surface area contributed by atoms with Gasteiger partial charge in [0.25, 0.3) is 0 Å². The third kappa shape index (κ3) is 3.28. The van der Waals surface area contributed by atoms with Gasteiger partial charge in [-0.2, -0.15) is 0 Å². The molecule has 1 unspecified atom stereocenters. The van der Waals surface area contributed by atoms with E-state index in [1.165, 1.54) is 32.1 Å². The molecule has 0 saturated heterocycles. The van der Waals surface area contributed by atoms with Crippen LogP contribution in [0.4, 0.5) is 0 Å². The molecule has 1 atom stereocenters. The SMILES string of the molecule is CC(O)(CCCO)C1CCCCC1. The Hall–Kier alpha value is -0.0800. The highest BCUT2D eigenvalue weighted by molar-refractivity contribution is 4.83. The number of rotatable bonds is 4. The molecule has 13 heavy (non-hydrogen) atoms. The molecule has 1 rings (SSSR count). The van der Waals surface area contributed by atoms with E-state index >= 15 is 0 Å². The molecule has 2 nitrogen and oxygen atoms in total. The zero-order chi connectivity index (χ0) is 9.73. The molecule has 78 valence electrons. The van der Waals surface area contributed by atoms with Gasteiger partial charge in [0.2, 0.25) is 0 Å². The first-order valence-electron chi connectivity index (χ1n) is 5.50. The van der Waals surface area contributed by atoms with Gasteiger partial charge in [0, 0.05) is 6.61 Å². The molecule has 1 aliphatic carbocycles. The molecular formula is C11H22O2. The van der Waals surface area contributed by atoms with E-state index < -0.39 is 5.60 Å². The maximum absolute atomic E-state index is 10.2. The van der Waals surface area contributed by atoms with E-state index in [2.05, 4.69) is 0 Å². The second kappa shape index (κ2) is 4.97. The molecule has 0 aliphatic heterocycles. The van der Waals surface area contributed by atoms with Gasteiger partial charge in [-0.25, -0.2) is 0 Å². The second-order valence-corrected chi connectivity index (χ2v) is 4.52. The van der Waals surface area contributed by atoms with Crippen molar-refractivity contribution in [2.24, 2.45) is 5.92 Å². The van der Waals surface area contributed by atoms with Crippen molar-refractivity contribution in [1.82, 2.24) is 0 Å². The van der Waals surface area contributed by atoms with Crippen molar-refractivity contribution < 1.29 is 10.2 Å². The minimum atomic E-state index is -0.539. The predicted octanol–water partition coefficient (Wildman–Crippen LogP) is 2.09. The van der Waals surface area contributed by atoms with Gasteiger partial charge in [-0.15, -0.1) is 0 Å². The van der Waals surface area contributed by atoms with Crippen molar-refractivity contribution in [3.63, 3.8) is 0 Å². The number of aliphatic hydroxyl groups is 2. The predicted molar refractivity (Wildman–Crippen MR) is 53.5 cm³/mol. The Kier molecular flexibility index (Phi) is 4.20. The molecule has 0 heterocycles. The summed E-state index contributed by atoms with van der Waals surface area (Å²) in [5.41, 5.74) is -0.539. The van der Waals surface area contributed by atoms with E-state index in [-0.39, 0.29) is 6.61 Å². The molecule has 0 aromatic heterocycles. The molecule has 1 saturated carbocycles. The van der Waals surface area contributed by atoms with Crippen molar-refractivity contribution in [3.8, 4) is 0 Å². The summed E-state index contributed by atoms with van der Waals surface area (Å²) in [6.07, 6.45) is 7.65. The fraction of sp³-hybridized carbons (Fsp3) is 1.00. The highest BCUT2D eigenvalue weighted by Crippen LogP contribution is 2.34. The quantitative estimate of drug-likeness (QED) is 0.705. The van der Waals surface area contributed by atoms with E-state index in [9.17, 15) is 5.11 Å². The summed E-state index contributed by atoms with van der Waals surface area (Å²) in [6.45, 7) is 2.13. The molecule has 2 N–H and O–H groups in total. The monoisotopic (exact) mass is 186 g/mol. The maximum atomic E-state index is 10.2. The van der Waals surface area contributed by atoms with Crippen LogP contribution in [0, 0.1) is 5.92 Å². The first kappa shape index (κ1) is 11.0. The van der Waals surface area contributed by atoms with Crippen LogP contribution in [0.25, 0.3) is 0 Å². The van der Waals surface area contributed by atoms with Crippen LogP contribution < -0.4 is 0 Å². The second-order valence-electron chi connectivity index (χ2n) is 4.52. The summed E-state index contributed by atoms with van der Waals surface area (Å²) in [6, 6.07) is 0. The lowest BCUT2D eigenvalue weighted by atomic mass is 9.76. The van der Waals surface area contributed by atoms with Gasteiger partial charge in [-0.3, -0.25) is 0 Å². The number of hydrogen-bond acceptors (Lipinski definition) is 2. The zero-order valence-corrected chi connectivity index (χ0v) is 8.63. The lowest BCUT2D eigenvalue weighted by Gasteiger charge is -2.35. The van der Waals surface area contributed by atoms with Crippen LogP contribution >= 0.6 is 0 Å². The summed E-state index contributed by atoms with van der Waals surface area (Å²) in [7, 11) is 0. The van der Waals surface area contributed by atoms with E-state index in [0.717, 1.165) is 12.8 Å². The summed E-state index contributed by atoms with van der Waals surface area (Å²) < 4.78 is 0. The summed E-state index contributed by atoms with van der Waals surface area (Å²) >= 11 is 0. The van der Waals surface area contributed by atoms with E-state index in [1.807, 2.05) is 6.92 Å². The van der Waals surface area contributed by atoms with Gasteiger partial charge in [0.1, 0.15) is 0 Å². The Morgan fingerprint density at radius 3 is 2.38 bits per heavy atom. The van der Waals surface area contributed by atoms with Gasteiger partial charge in [0.15, 0.2) is 0 Å². The topological polar surface area (TPSA) is 40.5 Å². The fourth-order valence-electron chi connectivity index (χ4n) is 2.37.